The van der Waals surface area contributed by atoms with E-state index in [2.05, 4.69) is 57.2 Å². The number of carbonyl (C=O) groups is 3. The summed E-state index contributed by atoms with van der Waals surface area (Å²) in [5.41, 5.74) is 0. The van der Waals surface area contributed by atoms with E-state index in [0.717, 1.165) is 96.3 Å². The van der Waals surface area contributed by atoms with E-state index < -0.39 is 6.10 Å². The number of hydrogen-bond donors (Lipinski definition) is 0. The van der Waals surface area contributed by atoms with Gasteiger partial charge in [-0.3, -0.25) is 14.4 Å². The van der Waals surface area contributed by atoms with Crippen molar-refractivity contribution in [3.8, 4) is 0 Å². The fourth-order valence-electron chi connectivity index (χ4n) is 7.00. The Labute approximate surface area is 359 Å². The molecule has 0 heterocycles. The van der Waals surface area contributed by atoms with E-state index in [-0.39, 0.29) is 31.1 Å². The molecule has 0 aromatic rings. The summed E-state index contributed by atoms with van der Waals surface area (Å²) in [5, 5.41) is 0. The van der Waals surface area contributed by atoms with Crippen molar-refractivity contribution >= 4 is 17.9 Å². The van der Waals surface area contributed by atoms with Crippen LogP contribution in [0.5, 0.6) is 0 Å². The van der Waals surface area contributed by atoms with Gasteiger partial charge in [0.2, 0.25) is 0 Å². The first-order valence-corrected chi connectivity index (χ1v) is 25.0. The molecule has 0 spiro atoms. The molecule has 0 rings (SSSR count). The highest BCUT2D eigenvalue weighted by Crippen LogP contribution is 2.14. The molecule has 0 aliphatic carbocycles. The van der Waals surface area contributed by atoms with Gasteiger partial charge in [-0.1, -0.05) is 186 Å². The Bertz CT molecular complexity index is 984. The minimum Gasteiger partial charge on any atom is -0.462 e. The minimum atomic E-state index is -0.780. The fourth-order valence-corrected chi connectivity index (χ4v) is 7.00. The molecule has 58 heavy (non-hydrogen) atoms. The Hall–Kier alpha value is -2.37. The molecule has 0 aliphatic heterocycles. The second kappa shape index (κ2) is 47.3. The quantitative estimate of drug-likeness (QED) is 0.0264. The molecule has 0 amide bonds. The average molecular weight is 815 g/mol. The van der Waals surface area contributed by atoms with Crippen molar-refractivity contribution in [2.45, 2.75) is 264 Å². The molecule has 1 atom stereocenters. The third-order valence-electron chi connectivity index (χ3n) is 10.8. The van der Waals surface area contributed by atoms with Gasteiger partial charge in [-0.25, -0.2) is 0 Å². The van der Waals surface area contributed by atoms with Crippen LogP contribution in [0.25, 0.3) is 0 Å². The summed E-state index contributed by atoms with van der Waals surface area (Å²) < 4.78 is 16.7. The van der Waals surface area contributed by atoms with Crippen LogP contribution in [-0.2, 0) is 28.6 Å². The normalized spacial score (nSPS) is 12.3. The van der Waals surface area contributed by atoms with Gasteiger partial charge >= 0.3 is 17.9 Å². The zero-order valence-electron chi connectivity index (χ0n) is 38.6. The molecule has 0 radical (unpaired) electrons. The summed E-state index contributed by atoms with van der Waals surface area (Å²) >= 11 is 0. The summed E-state index contributed by atoms with van der Waals surface area (Å²) in [6, 6.07) is 0. The van der Waals surface area contributed by atoms with Gasteiger partial charge in [0, 0.05) is 19.3 Å². The van der Waals surface area contributed by atoms with Gasteiger partial charge in [-0.15, -0.1) is 0 Å². The molecule has 0 aromatic carbocycles. The Morgan fingerprint density at radius 3 is 0.948 bits per heavy atom. The summed E-state index contributed by atoms with van der Waals surface area (Å²) in [5.74, 6) is -0.908. The van der Waals surface area contributed by atoms with Crippen LogP contribution in [-0.4, -0.2) is 37.2 Å². The van der Waals surface area contributed by atoms with Gasteiger partial charge in [-0.2, -0.15) is 0 Å². The number of unbranched alkanes of at least 4 members (excludes halogenated alkanes) is 28. The summed E-state index contributed by atoms with van der Waals surface area (Å²) in [6.07, 6.45) is 54.2. The molecule has 0 aromatic heterocycles. The van der Waals surface area contributed by atoms with E-state index in [9.17, 15) is 14.4 Å². The molecule has 0 fully saturated rings. The molecule has 0 saturated carbocycles. The molecule has 0 bridgehead atoms. The van der Waals surface area contributed by atoms with Gasteiger partial charge in [0.15, 0.2) is 6.10 Å². The zero-order chi connectivity index (χ0) is 42.3. The van der Waals surface area contributed by atoms with E-state index in [1.165, 1.54) is 122 Å². The first-order chi connectivity index (χ1) is 28.5. The van der Waals surface area contributed by atoms with Crippen molar-refractivity contribution in [2.24, 2.45) is 0 Å². The summed E-state index contributed by atoms with van der Waals surface area (Å²) in [4.78, 5) is 37.8. The second-order valence-corrected chi connectivity index (χ2v) is 16.7. The van der Waals surface area contributed by atoms with Crippen molar-refractivity contribution in [1.29, 1.82) is 0 Å². The van der Waals surface area contributed by atoms with Crippen LogP contribution in [0, 0.1) is 0 Å². The van der Waals surface area contributed by atoms with Crippen LogP contribution in [0.3, 0.4) is 0 Å². The van der Waals surface area contributed by atoms with Crippen molar-refractivity contribution < 1.29 is 28.6 Å². The van der Waals surface area contributed by atoms with Crippen LogP contribution in [0.2, 0.25) is 0 Å². The monoisotopic (exact) mass is 815 g/mol. The fraction of sp³-hybridized carbons (Fsp3) is 0.827. The van der Waals surface area contributed by atoms with Gasteiger partial charge < -0.3 is 14.2 Å². The Balaban J connectivity index is 4.33. The average Bonchev–Trinajstić information content (AvgIpc) is 3.22. The Morgan fingerprint density at radius 1 is 0.328 bits per heavy atom. The minimum absolute atomic E-state index is 0.0824. The SMILES string of the molecule is CCCC/C=C\CCCCCCC(=O)OCC(COC(=O)CCCCCCC/C=C\CCCCCCCCCCC)OC(=O)CCCCCCC/C=C\CCCCC. The maximum Gasteiger partial charge on any atom is 0.306 e. The van der Waals surface area contributed by atoms with E-state index in [0.29, 0.717) is 19.3 Å². The summed E-state index contributed by atoms with van der Waals surface area (Å²) in [7, 11) is 0. The maximum atomic E-state index is 12.7. The maximum absolute atomic E-state index is 12.7. The van der Waals surface area contributed by atoms with Crippen LogP contribution in [0.15, 0.2) is 36.5 Å². The van der Waals surface area contributed by atoms with Crippen LogP contribution in [0.4, 0.5) is 0 Å². The van der Waals surface area contributed by atoms with Crippen molar-refractivity contribution in [1.82, 2.24) is 0 Å². The molecule has 0 aliphatic rings. The van der Waals surface area contributed by atoms with Gasteiger partial charge in [0.1, 0.15) is 13.2 Å². The molecule has 0 saturated heterocycles. The first kappa shape index (κ1) is 55.6. The first-order valence-electron chi connectivity index (χ1n) is 25.0. The molecule has 1 unspecified atom stereocenters. The third kappa shape index (κ3) is 44.7. The van der Waals surface area contributed by atoms with Crippen molar-refractivity contribution in [2.75, 3.05) is 13.2 Å². The van der Waals surface area contributed by atoms with E-state index >= 15 is 0 Å². The van der Waals surface area contributed by atoms with Crippen molar-refractivity contribution in [3.05, 3.63) is 36.5 Å². The summed E-state index contributed by atoms with van der Waals surface area (Å²) in [6.45, 7) is 6.55. The number of rotatable bonds is 45. The van der Waals surface area contributed by atoms with Crippen LogP contribution < -0.4 is 0 Å². The lowest BCUT2D eigenvalue weighted by atomic mass is 10.1. The van der Waals surface area contributed by atoms with Gasteiger partial charge in [0.25, 0.3) is 0 Å². The Kier molecular flexibility index (Phi) is 45.4. The lowest BCUT2D eigenvalue weighted by Crippen LogP contribution is -2.30. The van der Waals surface area contributed by atoms with Crippen LogP contribution >= 0.6 is 0 Å². The predicted octanol–water partition coefficient (Wildman–Crippen LogP) is 16.1. The predicted molar refractivity (Wildman–Crippen MR) is 247 cm³/mol. The van der Waals surface area contributed by atoms with Gasteiger partial charge in [0.05, 0.1) is 0 Å². The molecule has 338 valence electrons. The number of allylic oxidation sites excluding steroid dienone is 6. The number of esters is 3. The largest absolute Gasteiger partial charge is 0.462 e. The topological polar surface area (TPSA) is 78.9 Å². The lowest BCUT2D eigenvalue weighted by molar-refractivity contribution is -0.167. The molecular weight excluding hydrogens is 721 g/mol. The highest BCUT2D eigenvalue weighted by Gasteiger charge is 2.19. The molecule has 6 nitrogen and oxygen atoms in total. The van der Waals surface area contributed by atoms with E-state index in [1.807, 2.05) is 0 Å². The lowest BCUT2D eigenvalue weighted by Gasteiger charge is -2.18. The third-order valence-corrected chi connectivity index (χ3v) is 10.8. The second-order valence-electron chi connectivity index (χ2n) is 16.7. The van der Waals surface area contributed by atoms with Crippen molar-refractivity contribution in [3.63, 3.8) is 0 Å². The number of ether oxygens (including phenoxy) is 3. The van der Waals surface area contributed by atoms with E-state index in [1.54, 1.807) is 0 Å². The standard InChI is InChI=1S/C52H94O6/c1-4-7-10-13-16-19-22-24-25-26-27-28-29-31-33-36-39-42-45-51(54)57-48-49(47-56-50(53)44-41-38-35-32-21-18-15-12-9-6-3)58-52(55)46-43-40-37-34-30-23-20-17-14-11-8-5-2/h15,17-18,20,27-28,49H,4-14,16,19,21-26,29-48H2,1-3H3/b18-15-,20-17-,28-27-. The Morgan fingerprint density at radius 2 is 0.586 bits per heavy atom. The smallest absolute Gasteiger partial charge is 0.306 e. The van der Waals surface area contributed by atoms with E-state index in [4.69, 9.17) is 14.2 Å². The highest BCUT2D eigenvalue weighted by atomic mass is 16.6. The highest BCUT2D eigenvalue weighted by molar-refractivity contribution is 5.71. The zero-order valence-corrected chi connectivity index (χ0v) is 38.6. The number of carbonyl (C=O) groups excluding carboxylic acids is 3. The van der Waals surface area contributed by atoms with Gasteiger partial charge in [-0.05, 0) is 89.9 Å². The molecule has 6 heteroatoms. The number of hydrogen-bond acceptors (Lipinski definition) is 6. The van der Waals surface area contributed by atoms with Crippen LogP contribution in [0.1, 0.15) is 258 Å². The molecule has 0 N–H and O–H groups in total. The molecular formula is C52H94O6.